The Morgan fingerprint density at radius 2 is 1.84 bits per heavy atom. The first-order valence-electron chi connectivity index (χ1n) is 8.12. The van der Waals surface area contributed by atoms with Gasteiger partial charge in [-0.05, 0) is 38.5 Å². The number of nitrogens with zero attached hydrogens (tertiary/aromatic N) is 3. The zero-order valence-corrected chi connectivity index (χ0v) is 14.6. The van der Waals surface area contributed by atoms with Gasteiger partial charge in [0.25, 0.3) is 0 Å². The Labute approximate surface area is 146 Å². The molecule has 6 nitrogen and oxygen atoms in total. The minimum Gasteiger partial charge on any atom is -0.442 e. The molecule has 3 rings (SSSR count). The highest BCUT2D eigenvalue weighted by Crippen LogP contribution is 2.19. The second-order valence-corrected chi connectivity index (χ2v) is 6.69. The van der Waals surface area contributed by atoms with Crippen LogP contribution in [-0.4, -0.2) is 26.5 Å². The van der Waals surface area contributed by atoms with Crippen molar-refractivity contribution < 1.29 is 14.3 Å². The number of hydrogen-bond acceptors (Lipinski definition) is 5. The van der Waals surface area contributed by atoms with Crippen LogP contribution in [0.25, 0.3) is 11.0 Å². The monoisotopic (exact) mass is 339 g/mol. The van der Waals surface area contributed by atoms with Crippen LogP contribution in [0.5, 0.6) is 0 Å². The van der Waals surface area contributed by atoms with Crippen molar-refractivity contribution in [1.82, 2.24) is 14.8 Å². The summed E-state index contributed by atoms with van der Waals surface area (Å²) >= 11 is 0. The average molecular weight is 339 g/mol. The van der Waals surface area contributed by atoms with Gasteiger partial charge in [-0.25, -0.2) is 9.78 Å². The Kier molecular flexibility index (Phi) is 4.81. The molecule has 1 aromatic carbocycles. The van der Waals surface area contributed by atoms with Gasteiger partial charge in [0, 0.05) is 11.6 Å². The summed E-state index contributed by atoms with van der Waals surface area (Å²) in [6.07, 6.45) is 1.07. The summed E-state index contributed by atoms with van der Waals surface area (Å²) in [6, 6.07) is 13.6. The highest BCUT2D eigenvalue weighted by molar-refractivity contribution is 5.86. The van der Waals surface area contributed by atoms with Gasteiger partial charge in [0.15, 0.2) is 5.65 Å². The molecule has 0 spiro atoms. The number of benzene rings is 1. The van der Waals surface area contributed by atoms with Crippen molar-refractivity contribution in [3.8, 4) is 0 Å². The molecule has 0 atom stereocenters. The number of pyridine rings is 1. The van der Waals surface area contributed by atoms with Crippen molar-refractivity contribution in [3.05, 3.63) is 59.9 Å². The summed E-state index contributed by atoms with van der Waals surface area (Å²) in [4.78, 5) is 16.6. The van der Waals surface area contributed by atoms with Gasteiger partial charge in [0.2, 0.25) is 0 Å². The molecule has 0 N–H and O–H groups in total. The molecule has 0 amide bonds. The fourth-order valence-electron chi connectivity index (χ4n) is 2.39. The number of carbonyl (C=O) groups excluding carboxylic acids is 1. The van der Waals surface area contributed by atoms with Crippen LogP contribution in [0.1, 0.15) is 32.0 Å². The Morgan fingerprint density at radius 1 is 1.08 bits per heavy atom. The minimum absolute atomic E-state index is 0.285. The number of fused-ring (bicyclic) bond motifs is 1. The molecule has 2 heterocycles. The summed E-state index contributed by atoms with van der Waals surface area (Å²) in [7, 11) is 0. The second-order valence-electron chi connectivity index (χ2n) is 6.69. The quantitative estimate of drug-likeness (QED) is 0.720. The third-order valence-electron chi connectivity index (χ3n) is 3.44. The predicted molar refractivity (Wildman–Crippen MR) is 94.1 cm³/mol. The zero-order valence-electron chi connectivity index (χ0n) is 14.6. The maximum absolute atomic E-state index is 12.4. The molecule has 0 unspecified atom stereocenters. The van der Waals surface area contributed by atoms with E-state index in [-0.39, 0.29) is 6.61 Å². The molecule has 0 aliphatic heterocycles. The van der Waals surface area contributed by atoms with E-state index >= 15 is 0 Å². The number of ether oxygens (including phenoxy) is 2. The largest absolute Gasteiger partial charge is 0.442 e. The number of rotatable bonds is 4. The highest BCUT2D eigenvalue weighted by Gasteiger charge is 2.22. The van der Waals surface area contributed by atoms with E-state index in [0.29, 0.717) is 17.9 Å². The van der Waals surface area contributed by atoms with Crippen molar-refractivity contribution in [2.24, 2.45) is 0 Å². The van der Waals surface area contributed by atoms with E-state index < -0.39 is 11.7 Å². The maximum atomic E-state index is 12.4. The second kappa shape index (κ2) is 7.03. The first-order valence-corrected chi connectivity index (χ1v) is 8.12. The summed E-state index contributed by atoms with van der Waals surface area (Å²) in [5.74, 6) is 0. The van der Waals surface area contributed by atoms with Crippen LogP contribution in [0.3, 0.4) is 0 Å². The van der Waals surface area contributed by atoms with Gasteiger partial charge in [-0.15, -0.1) is 4.68 Å². The normalized spacial score (nSPS) is 11.6. The molecule has 0 saturated carbocycles. The third kappa shape index (κ3) is 4.22. The summed E-state index contributed by atoms with van der Waals surface area (Å²) < 4.78 is 12.3. The van der Waals surface area contributed by atoms with Gasteiger partial charge in [0.05, 0.1) is 18.9 Å². The van der Waals surface area contributed by atoms with E-state index in [1.165, 1.54) is 4.68 Å². The molecule has 3 aromatic rings. The van der Waals surface area contributed by atoms with Crippen LogP contribution >= 0.6 is 0 Å². The van der Waals surface area contributed by atoms with E-state index in [1.807, 2.05) is 63.2 Å². The lowest BCUT2D eigenvalue weighted by molar-refractivity contribution is 0.0517. The number of hydrogen-bond donors (Lipinski definition) is 0. The van der Waals surface area contributed by atoms with E-state index in [4.69, 9.17) is 9.47 Å². The standard InChI is InChI=1S/C19H21N3O3/c1-19(2,3)25-18(23)22-17-15(10-7-11-20-17)16(21-22)13-24-12-14-8-5-4-6-9-14/h4-11H,12-13H2,1-3H3. The van der Waals surface area contributed by atoms with Crippen LogP contribution < -0.4 is 0 Å². The molecule has 130 valence electrons. The van der Waals surface area contributed by atoms with Crippen molar-refractivity contribution in [2.75, 3.05) is 0 Å². The number of carbonyl (C=O) groups is 1. The lowest BCUT2D eigenvalue weighted by Crippen LogP contribution is -2.28. The fraction of sp³-hybridized carbons (Fsp3) is 0.316. The van der Waals surface area contributed by atoms with Crippen LogP contribution in [-0.2, 0) is 22.7 Å². The molecule has 6 heteroatoms. The van der Waals surface area contributed by atoms with Crippen LogP contribution in [0.4, 0.5) is 4.79 Å². The Balaban J connectivity index is 1.80. The van der Waals surface area contributed by atoms with Crippen LogP contribution in [0.2, 0.25) is 0 Å². The van der Waals surface area contributed by atoms with E-state index in [9.17, 15) is 4.79 Å². The minimum atomic E-state index is -0.603. The predicted octanol–water partition coefficient (Wildman–Crippen LogP) is 3.93. The average Bonchev–Trinajstić information content (AvgIpc) is 2.94. The molecule has 0 fully saturated rings. The van der Waals surface area contributed by atoms with Gasteiger partial charge in [-0.3, -0.25) is 0 Å². The van der Waals surface area contributed by atoms with E-state index in [1.54, 1.807) is 6.20 Å². The molecule has 0 saturated heterocycles. The molecule has 2 aromatic heterocycles. The fourth-order valence-corrected chi connectivity index (χ4v) is 2.39. The first-order chi connectivity index (χ1) is 11.9. The molecule has 0 radical (unpaired) electrons. The molecule has 0 bridgehead atoms. The van der Waals surface area contributed by atoms with Crippen molar-refractivity contribution in [1.29, 1.82) is 0 Å². The summed E-state index contributed by atoms with van der Waals surface area (Å²) in [5, 5.41) is 5.14. The maximum Gasteiger partial charge on any atom is 0.437 e. The highest BCUT2D eigenvalue weighted by atomic mass is 16.6. The van der Waals surface area contributed by atoms with Crippen LogP contribution in [0, 0.1) is 0 Å². The summed E-state index contributed by atoms with van der Waals surface area (Å²) in [6.45, 7) is 6.20. The molecular weight excluding hydrogens is 318 g/mol. The first kappa shape index (κ1) is 17.1. The number of aromatic nitrogens is 3. The van der Waals surface area contributed by atoms with Gasteiger partial charge in [-0.2, -0.15) is 5.10 Å². The topological polar surface area (TPSA) is 66.2 Å². The zero-order chi connectivity index (χ0) is 17.9. The lowest BCUT2D eigenvalue weighted by Gasteiger charge is -2.18. The smallest absolute Gasteiger partial charge is 0.437 e. The van der Waals surface area contributed by atoms with Crippen molar-refractivity contribution >= 4 is 17.1 Å². The van der Waals surface area contributed by atoms with Crippen LogP contribution in [0.15, 0.2) is 48.7 Å². The molecule has 0 aliphatic carbocycles. The third-order valence-corrected chi connectivity index (χ3v) is 3.44. The Morgan fingerprint density at radius 3 is 2.56 bits per heavy atom. The Bertz CT molecular complexity index is 867. The molecule has 0 aliphatic rings. The van der Waals surface area contributed by atoms with E-state index in [0.717, 1.165) is 10.9 Å². The molecule has 25 heavy (non-hydrogen) atoms. The van der Waals surface area contributed by atoms with Gasteiger partial charge in [0.1, 0.15) is 5.60 Å². The summed E-state index contributed by atoms with van der Waals surface area (Å²) in [5.41, 5.74) is 1.60. The van der Waals surface area contributed by atoms with Gasteiger partial charge < -0.3 is 9.47 Å². The lowest BCUT2D eigenvalue weighted by atomic mass is 10.2. The van der Waals surface area contributed by atoms with Crippen molar-refractivity contribution in [3.63, 3.8) is 0 Å². The van der Waals surface area contributed by atoms with Crippen molar-refractivity contribution in [2.45, 2.75) is 39.6 Å². The van der Waals surface area contributed by atoms with Gasteiger partial charge in [-0.1, -0.05) is 30.3 Å². The Hall–Kier alpha value is -2.73. The van der Waals surface area contributed by atoms with Gasteiger partial charge >= 0.3 is 6.09 Å². The molecular formula is C19H21N3O3. The van der Waals surface area contributed by atoms with E-state index in [2.05, 4.69) is 10.1 Å². The SMILES string of the molecule is CC(C)(C)OC(=O)n1nc(COCc2ccccc2)c2cccnc21.